The number of carbonyl (C=O) groups is 1. The molecule has 2 aromatic heterocycles. The quantitative estimate of drug-likeness (QED) is 0.697. The Kier molecular flexibility index (Phi) is 5.10. The van der Waals surface area contributed by atoms with Gasteiger partial charge in [-0.15, -0.1) is 0 Å². The molecule has 0 fully saturated rings. The normalized spacial score (nSPS) is 10.9. The lowest BCUT2D eigenvalue weighted by molar-refractivity contribution is -0.118. The second kappa shape index (κ2) is 7.44. The fraction of sp³-hybridized carbons (Fsp3) is 0.176. The van der Waals surface area contributed by atoms with Crippen molar-refractivity contribution in [1.82, 2.24) is 14.7 Å². The zero-order valence-corrected chi connectivity index (χ0v) is 13.5. The van der Waals surface area contributed by atoms with Crippen LogP contribution in [0.5, 0.6) is 0 Å². The van der Waals surface area contributed by atoms with Gasteiger partial charge in [-0.2, -0.15) is 0 Å². The Morgan fingerprint density at radius 2 is 1.96 bits per heavy atom. The Balaban J connectivity index is 1.50. The second-order valence-corrected chi connectivity index (χ2v) is 6.07. The van der Waals surface area contributed by atoms with Gasteiger partial charge < -0.3 is 5.32 Å². The number of benzene rings is 1. The lowest BCUT2D eigenvalue weighted by Gasteiger charge is -2.07. The van der Waals surface area contributed by atoms with Crippen molar-refractivity contribution in [3.05, 3.63) is 66.0 Å². The molecule has 0 saturated heterocycles. The smallest absolute Gasteiger partial charge is 0.230 e. The molecule has 7 heteroatoms. The predicted molar refractivity (Wildman–Crippen MR) is 89.0 cm³/mol. The largest absolute Gasteiger partial charge is 0.355 e. The lowest BCUT2D eigenvalue weighted by Crippen LogP contribution is -2.27. The van der Waals surface area contributed by atoms with Crippen LogP contribution in [0.3, 0.4) is 0 Å². The zero-order chi connectivity index (χ0) is 16.9. The summed E-state index contributed by atoms with van der Waals surface area (Å²) in [5, 5.41) is 3.39. The number of hydrogen-bond donors (Lipinski definition) is 1. The Labute approximate surface area is 141 Å². The monoisotopic (exact) mass is 347 g/mol. The van der Waals surface area contributed by atoms with Gasteiger partial charge in [-0.1, -0.05) is 23.9 Å². The Morgan fingerprint density at radius 1 is 1.17 bits per heavy atom. The third-order valence-corrected chi connectivity index (χ3v) is 4.46. The van der Waals surface area contributed by atoms with Gasteiger partial charge in [0, 0.05) is 18.3 Å². The van der Waals surface area contributed by atoms with Gasteiger partial charge in [0.2, 0.25) is 5.91 Å². The molecule has 0 aliphatic heterocycles. The highest BCUT2D eigenvalue weighted by Crippen LogP contribution is 2.18. The number of halogens is 2. The van der Waals surface area contributed by atoms with Crippen molar-refractivity contribution >= 4 is 23.2 Å². The standard InChI is InChI=1S/C17H15F2N3OS/c18-14-5-3-6-15(19)13(14)7-8-20-16(23)11-24-17-21-10-12-4-1-2-9-22(12)17/h1-6,9-10H,7-8,11H2,(H,20,23). The summed E-state index contributed by atoms with van der Waals surface area (Å²) in [6.07, 6.45) is 3.73. The topological polar surface area (TPSA) is 46.4 Å². The molecule has 3 rings (SSSR count). The van der Waals surface area contributed by atoms with E-state index in [-0.39, 0.29) is 30.2 Å². The van der Waals surface area contributed by atoms with E-state index < -0.39 is 11.6 Å². The number of pyridine rings is 1. The van der Waals surface area contributed by atoms with Gasteiger partial charge in [0.25, 0.3) is 0 Å². The van der Waals surface area contributed by atoms with E-state index in [0.717, 1.165) is 10.7 Å². The second-order valence-electron chi connectivity index (χ2n) is 5.13. The van der Waals surface area contributed by atoms with Crippen LogP contribution in [0.1, 0.15) is 5.56 Å². The number of aromatic nitrogens is 2. The number of nitrogens with one attached hydrogen (secondary N) is 1. The molecule has 24 heavy (non-hydrogen) atoms. The summed E-state index contributed by atoms with van der Waals surface area (Å²) < 4.78 is 28.9. The van der Waals surface area contributed by atoms with Crippen molar-refractivity contribution in [3.63, 3.8) is 0 Å². The average Bonchev–Trinajstić information content (AvgIpc) is 2.99. The molecular formula is C17H15F2N3OS. The Morgan fingerprint density at radius 3 is 2.75 bits per heavy atom. The van der Waals surface area contributed by atoms with E-state index in [0.29, 0.717) is 0 Å². The van der Waals surface area contributed by atoms with E-state index in [4.69, 9.17) is 0 Å². The molecule has 0 atom stereocenters. The van der Waals surface area contributed by atoms with Crippen LogP contribution in [0.2, 0.25) is 0 Å². The highest BCUT2D eigenvalue weighted by molar-refractivity contribution is 7.99. The molecular weight excluding hydrogens is 332 g/mol. The van der Waals surface area contributed by atoms with Crippen molar-refractivity contribution in [2.24, 2.45) is 0 Å². The highest BCUT2D eigenvalue weighted by Gasteiger charge is 2.10. The first-order valence-corrected chi connectivity index (χ1v) is 8.38. The molecule has 0 unspecified atom stereocenters. The first-order chi connectivity index (χ1) is 11.6. The third kappa shape index (κ3) is 3.73. The fourth-order valence-electron chi connectivity index (χ4n) is 2.31. The average molecular weight is 347 g/mol. The summed E-state index contributed by atoms with van der Waals surface area (Å²) >= 11 is 1.31. The van der Waals surface area contributed by atoms with Crippen LogP contribution >= 0.6 is 11.8 Å². The Hall–Kier alpha value is -2.41. The maximum Gasteiger partial charge on any atom is 0.230 e. The summed E-state index contributed by atoms with van der Waals surface area (Å²) in [6, 6.07) is 9.47. The summed E-state index contributed by atoms with van der Waals surface area (Å²) in [5.41, 5.74) is 0.945. The lowest BCUT2D eigenvalue weighted by atomic mass is 10.1. The van der Waals surface area contributed by atoms with Crippen LogP contribution in [0.4, 0.5) is 8.78 Å². The number of amides is 1. The van der Waals surface area contributed by atoms with Crippen LogP contribution in [0.15, 0.2) is 53.9 Å². The molecule has 1 aromatic carbocycles. The van der Waals surface area contributed by atoms with E-state index in [2.05, 4.69) is 10.3 Å². The zero-order valence-electron chi connectivity index (χ0n) is 12.7. The predicted octanol–water partition coefficient (Wildman–Crippen LogP) is 3.06. The summed E-state index contributed by atoms with van der Waals surface area (Å²) in [5.74, 6) is -1.21. The molecule has 0 bridgehead atoms. The van der Waals surface area contributed by atoms with E-state index >= 15 is 0 Å². The van der Waals surface area contributed by atoms with Gasteiger partial charge in [0.1, 0.15) is 11.6 Å². The SMILES string of the molecule is O=C(CSc1ncc2ccccn12)NCCc1c(F)cccc1F. The van der Waals surface area contributed by atoms with Crippen LogP contribution in [0.25, 0.3) is 5.52 Å². The van der Waals surface area contributed by atoms with Gasteiger partial charge >= 0.3 is 0 Å². The van der Waals surface area contributed by atoms with Crippen molar-refractivity contribution in [2.45, 2.75) is 11.6 Å². The molecule has 124 valence electrons. The molecule has 0 saturated carbocycles. The number of nitrogens with zero attached hydrogens (tertiary/aromatic N) is 2. The molecule has 0 aliphatic carbocycles. The van der Waals surface area contributed by atoms with E-state index in [1.165, 1.54) is 30.0 Å². The highest BCUT2D eigenvalue weighted by atomic mass is 32.2. The first-order valence-electron chi connectivity index (χ1n) is 7.39. The number of rotatable bonds is 6. The molecule has 3 aromatic rings. The molecule has 0 spiro atoms. The number of carbonyl (C=O) groups excluding carboxylic acids is 1. The van der Waals surface area contributed by atoms with Crippen molar-refractivity contribution in [1.29, 1.82) is 0 Å². The van der Waals surface area contributed by atoms with Crippen LogP contribution in [0, 0.1) is 11.6 Å². The minimum absolute atomic E-state index is 0.00953. The van der Waals surface area contributed by atoms with Crippen LogP contribution < -0.4 is 5.32 Å². The van der Waals surface area contributed by atoms with Crippen molar-refractivity contribution < 1.29 is 13.6 Å². The number of imidazole rings is 1. The van der Waals surface area contributed by atoms with Crippen LogP contribution in [-0.2, 0) is 11.2 Å². The van der Waals surface area contributed by atoms with Crippen molar-refractivity contribution in [2.75, 3.05) is 12.3 Å². The number of hydrogen-bond acceptors (Lipinski definition) is 3. The molecule has 4 nitrogen and oxygen atoms in total. The number of fused-ring (bicyclic) bond motifs is 1. The molecule has 2 heterocycles. The van der Waals surface area contributed by atoms with Gasteiger partial charge in [-0.3, -0.25) is 9.20 Å². The van der Waals surface area contributed by atoms with Crippen LogP contribution in [-0.4, -0.2) is 27.6 Å². The molecule has 1 N–H and O–H groups in total. The summed E-state index contributed by atoms with van der Waals surface area (Å²) in [4.78, 5) is 16.1. The fourth-order valence-corrected chi connectivity index (χ4v) is 3.10. The van der Waals surface area contributed by atoms with E-state index in [1.807, 2.05) is 28.8 Å². The summed E-state index contributed by atoms with van der Waals surface area (Å²) in [7, 11) is 0. The minimum atomic E-state index is -0.595. The van der Waals surface area contributed by atoms with Gasteiger partial charge in [-0.25, -0.2) is 13.8 Å². The molecule has 1 amide bonds. The van der Waals surface area contributed by atoms with Gasteiger partial charge in [0.05, 0.1) is 17.5 Å². The first kappa shape index (κ1) is 16.4. The minimum Gasteiger partial charge on any atom is -0.355 e. The van der Waals surface area contributed by atoms with Gasteiger partial charge in [0.15, 0.2) is 5.16 Å². The summed E-state index contributed by atoms with van der Waals surface area (Å²) in [6.45, 7) is 0.180. The van der Waals surface area contributed by atoms with Gasteiger partial charge in [-0.05, 0) is 30.7 Å². The number of thioether (sulfide) groups is 1. The maximum atomic E-state index is 13.5. The third-order valence-electron chi connectivity index (χ3n) is 3.50. The molecule has 0 radical (unpaired) electrons. The maximum absolute atomic E-state index is 13.5. The van der Waals surface area contributed by atoms with E-state index in [1.54, 1.807) is 6.20 Å². The molecule has 0 aliphatic rings. The Bertz CT molecular complexity index is 846. The van der Waals surface area contributed by atoms with E-state index in [9.17, 15) is 13.6 Å². The van der Waals surface area contributed by atoms with Crippen molar-refractivity contribution in [3.8, 4) is 0 Å².